The maximum Gasteiger partial charge on any atom is 0.227 e. The molecule has 0 aliphatic carbocycles. The summed E-state index contributed by atoms with van der Waals surface area (Å²) in [6.45, 7) is 3.91. The second-order valence-corrected chi connectivity index (χ2v) is 6.35. The van der Waals surface area contributed by atoms with E-state index in [4.69, 9.17) is 5.73 Å². The van der Waals surface area contributed by atoms with Crippen LogP contribution < -0.4 is 11.1 Å². The second-order valence-electron chi connectivity index (χ2n) is 6.35. The van der Waals surface area contributed by atoms with Crippen LogP contribution in [0.4, 0.5) is 0 Å². The highest BCUT2D eigenvalue weighted by Crippen LogP contribution is 2.31. The Morgan fingerprint density at radius 1 is 1.24 bits per heavy atom. The van der Waals surface area contributed by atoms with Crippen LogP contribution in [0.2, 0.25) is 0 Å². The van der Waals surface area contributed by atoms with Crippen molar-refractivity contribution in [3.63, 3.8) is 0 Å². The Hall–Kier alpha value is -1.39. The molecule has 3 rings (SSSR count). The van der Waals surface area contributed by atoms with Crippen molar-refractivity contribution in [2.24, 2.45) is 11.7 Å². The first-order valence-corrected chi connectivity index (χ1v) is 8.02. The number of rotatable bonds is 3. The zero-order valence-electron chi connectivity index (χ0n) is 12.7. The number of nitrogens with two attached hydrogens (primary N) is 1. The average molecular weight is 287 g/mol. The highest BCUT2D eigenvalue weighted by Gasteiger charge is 2.40. The van der Waals surface area contributed by atoms with Crippen LogP contribution in [-0.4, -0.2) is 36.0 Å². The van der Waals surface area contributed by atoms with Crippen molar-refractivity contribution in [3.05, 3.63) is 35.9 Å². The summed E-state index contributed by atoms with van der Waals surface area (Å²) >= 11 is 0. The Morgan fingerprint density at radius 2 is 1.95 bits per heavy atom. The Morgan fingerprint density at radius 3 is 2.71 bits per heavy atom. The van der Waals surface area contributed by atoms with Crippen LogP contribution in [0.5, 0.6) is 0 Å². The zero-order chi connectivity index (χ0) is 14.8. The minimum Gasteiger partial charge on any atom is -0.335 e. The van der Waals surface area contributed by atoms with E-state index in [-0.39, 0.29) is 17.9 Å². The number of nitrogens with one attached hydrogen (secondary N) is 1. The Balaban J connectivity index is 1.75. The molecule has 114 valence electrons. The first kappa shape index (κ1) is 14.5. The van der Waals surface area contributed by atoms with E-state index < -0.39 is 0 Å². The summed E-state index contributed by atoms with van der Waals surface area (Å²) in [7, 11) is 0. The summed E-state index contributed by atoms with van der Waals surface area (Å²) in [4.78, 5) is 15.1. The maximum atomic E-state index is 12.9. The number of hydrogen-bond acceptors (Lipinski definition) is 3. The number of hydrogen-bond donors (Lipinski definition) is 2. The number of carbonyl (C=O) groups excluding carboxylic acids is 1. The lowest BCUT2D eigenvalue weighted by Gasteiger charge is -2.32. The Bertz CT molecular complexity index is 476. The van der Waals surface area contributed by atoms with Crippen LogP contribution in [0.25, 0.3) is 0 Å². The molecular weight excluding hydrogens is 262 g/mol. The molecule has 2 saturated heterocycles. The van der Waals surface area contributed by atoms with Crippen LogP contribution in [0.3, 0.4) is 0 Å². The van der Waals surface area contributed by atoms with Crippen molar-refractivity contribution in [2.45, 2.75) is 44.3 Å². The molecule has 21 heavy (non-hydrogen) atoms. The third kappa shape index (κ3) is 2.83. The van der Waals surface area contributed by atoms with Crippen LogP contribution in [0.1, 0.15) is 37.8 Å². The lowest BCUT2D eigenvalue weighted by atomic mass is 9.93. The third-order valence-electron chi connectivity index (χ3n) is 5.02. The summed E-state index contributed by atoms with van der Waals surface area (Å²) in [6.07, 6.45) is 3.33. The van der Waals surface area contributed by atoms with Crippen molar-refractivity contribution in [2.75, 3.05) is 13.1 Å². The number of carbonyl (C=O) groups is 1. The first-order chi connectivity index (χ1) is 10.2. The fourth-order valence-electron chi connectivity index (χ4n) is 3.69. The van der Waals surface area contributed by atoms with Gasteiger partial charge in [-0.15, -0.1) is 0 Å². The first-order valence-electron chi connectivity index (χ1n) is 8.02. The Kier molecular flexibility index (Phi) is 4.27. The van der Waals surface area contributed by atoms with E-state index >= 15 is 0 Å². The minimum absolute atomic E-state index is 0.173. The van der Waals surface area contributed by atoms with Gasteiger partial charge in [-0.3, -0.25) is 4.79 Å². The van der Waals surface area contributed by atoms with Crippen molar-refractivity contribution < 1.29 is 4.79 Å². The highest BCUT2D eigenvalue weighted by atomic mass is 16.2. The molecule has 2 aliphatic rings. The lowest BCUT2D eigenvalue weighted by Crippen LogP contribution is -2.47. The van der Waals surface area contributed by atoms with Gasteiger partial charge in [0.1, 0.15) is 0 Å². The molecule has 4 nitrogen and oxygen atoms in total. The van der Waals surface area contributed by atoms with E-state index in [1.165, 1.54) is 0 Å². The summed E-state index contributed by atoms with van der Waals surface area (Å²) in [5.74, 6) is 0.0520. The third-order valence-corrected chi connectivity index (χ3v) is 5.02. The predicted molar refractivity (Wildman–Crippen MR) is 83.7 cm³/mol. The molecule has 0 radical (unpaired) electrons. The fraction of sp³-hybridized carbons (Fsp3) is 0.588. The largest absolute Gasteiger partial charge is 0.335 e. The predicted octanol–water partition coefficient (Wildman–Crippen LogP) is 1.68. The van der Waals surface area contributed by atoms with Gasteiger partial charge >= 0.3 is 0 Å². The van der Waals surface area contributed by atoms with Gasteiger partial charge in [-0.25, -0.2) is 0 Å². The quantitative estimate of drug-likeness (QED) is 0.889. The van der Waals surface area contributed by atoms with E-state index in [2.05, 4.69) is 10.2 Å². The summed E-state index contributed by atoms with van der Waals surface area (Å²) in [6, 6.07) is 10.5. The summed E-state index contributed by atoms with van der Waals surface area (Å²) < 4.78 is 0. The van der Waals surface area contributed by atoms with Gasteiger partial charge in [0, 0.05) is 24.7 Å². The topological polar surface area (TPSA) is 58.4 Å². The van der Waals surface area contributed by atoms with Gasteiger partial charge in [-0.2, -0.15) is 0 Å². The van der Waals surface area contributed by atoms with Crippen LogP contribution in [-0.2, 0) is 4.79 Å². The molecule has 4 heteroatoms. The monoisotopic (exact) mass is 287 g/mol. The zero-order valence-corrected chi connectivity index (χ0v) is 12.7. The molecule has 0 spiro atoms. The van der Waals surface area contributed by atoms with Gasteiger partial charge in [0.15, 0.2) is 0 Å². The van der Waals surface area contributed by atoms with Crippen molar-refractivity contribution in [1.82, 2.24) is 10.2 Å². The van der Waals surface area contributed by atoms with Crippen molar-refractivity contribution in [1.29, 1.82) is 0 Å². The molecule has 0 aromatic heterocycles. The standard InChI is InChI=1S/C17H25N3O/c1-12(16(18)13-5-3-2-4-6-13)17(21)20-14-7-8-15(20)11-19-10-9-14/h2-6,12,14-16,19H,7-11,18H2,1H3. The minimum atomic E-state index is -0.227. The fourth-order valence-corrected chi connectivity index (χ4v) is 3.69. The van der Waals surface area contributed by atoms with E-state index in [0.717, 1.165) is 37.9 Å². The van der Waals surface area contributed by atoms with Gasteiger partial charge in [0.05, 0.1) is 5.92 Å². The molecule has 4 unspecified atom stereocenters. The number of benzene rings is 1. The van der Waals surface area contributed by atoms with Crippen molar-refractivity contribution >= 4 is 5.91 Å². The van der Waals surface area contributed by atoms with Gasteiger partial charge in [-0.05, 0) is 31.4 Å². The highest BCUT2D eigenvalue weighted by molar-refractivity contribution is 5.80. The summed E-state index contributed by atoms with van der Waals surface area (Å²) in [5.41, 5.74) is 7.37. The van der Waals surface area contributed by atoms with Crippen LogP contribution in [0.15, 0.2) is 30.3 Å². The molecule has 1 aromatic carbocycles. The number of amides is 1. The molecule has 1 aromatic rings. The summed E-state index contributed by atoms with van der Waals surface area (Å²) in [5, 5.41) is 3.44. The SMILES string of the molecule is CC(C(=O)N1C2CCNCC1CC2)C(N)c1ccccc1. The van der Waals surface area contributed by atoms with Gasteiger partial charge in [0.2, 0.25) is 5.91 Å². The molecule has 2 fully saturated rings. The Labute approximate surface area is 126 Å². The number of nitrogens with zero attached hydrogens (tertiary/aromatic N) is 1. The molecule has 3 N–H and O–H groups in total. The molecule has 2 bridgehead atoms. The van der Waals surface area contributed by atoms with E-state index in [0.29, 0.717) is 12.1 Å². The molecule has 2 heterocycles. The second kappa shape index (κ2) is 6.16. The molecule has 2 aliphatic heterocycles. The molecular formula is C17H25N3O. The molecule has 0 saturated carbocycles. The average Bonchev–Trinajstić information content (AvgIpc) is 2.79. The molecule has 1 amide bonds. The normalized spacial score (nSPS) is 28.0. The van der Waals surface area contributed by atoms with Crippen LogP contribution in [0, 0.1) is 5.92 Å². The number of fused-ring (bicyclic) bond motifs is 2. The lowest BCUT2D eigenvalue weighted by molar-refractivity contribution is -0.138. The van der Waals surface area contributed by atoms with Gasteiger partial charge < -0.3 is 16.0 Å². The van der Waals surface area contributed by atoms with Gasteiger partial charge in [-0.1, -0.05) is 37.3 Å². The van der Waals surface area contributed by atoms with Gasteiger partial charge in [0.25, 0.3) is 0 Å². The maximum absolute atomic E-state index is 12.9. The van der Waals surface area contributed by atoms with Crippen LogP contribution >= 0.6 is 0 Å². The van der Waals surface area contributed by atoms with E-state index in [1.54, 1.807) is 0 Å². The smallest absolute Gasteiger partial charge is 0.227 e. The van der Waals surface area contributed by atoms with E-state index in [1.807, 2.05) is 37.3 Å². The van der Waals surface area contributed by atoms with Crippen molar-refractivity contribution in [3.8, 4) is 0 Å². The van der Waals surface area contributed by atoms with E-state index in [9.17, 15) is 4.79 Å². The molecule has 4 atom stereocenters.